The van der Waals surface area contributed by atoms with E-state index >= 15 is 0 Å². The molecule has 0 aliphatic carbocycles. The minimum absolute atomic E-state index is 0.0932. The Kier molecular flexibility index (Phi) is 4.56. The first-order valence-electron chi connectivity index (χ1n) is 4.32. The van der Waals surface area contributed by atoms with Crippen LogP contribution in [0, 0.1) is 5.92 Å². The highest BCUT2D eigenvalue weighted by Crippen LogP contribution is 2.23. The Morgan fingerprint density at radius 1 is 1.36 bits per heavy atom. The van der Waals surface area contributed by atoms with E-state index in [0.29, 0.717) is 0 Å². The van der Waals surface area contributed by atoms with Crippen molar-refractivity contribution < 1.29 is 24.2 Å². The van der Waals surface area contributed by atoms with Crippen LogP contribution < -0.4 is 0 Å². The number of methoxy groups -OCH3 is 2. The molecule has 0 amide bonds. The Bertz CT molecular complexity index is 225. The van der Waals surface area contributed by atoms with Crippen molar-refractivity contribution in [2.75, 3.05) is 14.2 Å². The summed E-state index contributed by atoms with van der Waals surface area (Å²) >= 11 is 0. The number of carbonyl (C=O) groups excluding carboxylic acids is 2. The predicted octanol–water partition coefficient (Wildman–Crippen LogP) is 0.110. The maximum atomic E-state index is 11.2. The summed E-state index contributed by atoms with van der Waals surface area (Å²) in [7, 11) is 2.36. The summed E-state index contributed by atoms with van der Waals surface area (Å²) in [6.45, 7) is 3.02. The van der Waals surface area contributed by atoms with E-state index in [2.05, 4.69) is 9.47 Å². The van der Waals surface area contributed by atoms with Crippen LogP contribution in [0.1, 0.15) is 20.3 Å². The highest BCUT2D eigenvalue weighted by molar-refractivity contribution is 5.87. The first-order chi connectivity index (χ1) is 6.43. The summed E-state index contributed by atoms with van der Waals surface area (Å²) in [6.07, 6.45) is 0.0932. The van der Waals surface area contributed by atoms with Gasteiger partial charge in [-0.3, -0.25) is 4.79 Å². The van der Waals surface area contributed by atoms with Crippen molar-refractivity contribution in [2.45, 2.75) is 25.9 Å². The van der Waals surface area contributed by atoms with E-state index in [1.165, 1.54) is 14.0 Å². The van der Waals surface area contributed by atoms with Gasteiger partial charge in [0.2, 0.25) is 0 Å². The van der Waals surface area contributed by atoms with Gasteiger partial charge in [-0.1, -0.05) is 6.92 Å². The molecule has 0 bridgehead atoms. The molecule has 82 valence electrons. The molecule has 5 heteroatoms. The lowest BCUT2D eigenvalue weighted by Gasteiger charge is -2.28. The van der Waals surface area contributed by atoms with Crippen molar-refractivity contribution in [1.82, 2.24) is 0 Å². The van der Waals surface area contributed by atoms with Crippen LogP contribution in [0.25, 0.3) is 0 Å². The number of rotatable bonds is 4. The number of hydrogen-bond donors (Lipinski definition) is 1. The quantitative estimate of drug-likeness (QED) is 0.658. The molecule has 0 aliphatic rings. The van der Waals surface area contributed by atoms with Gasteiger partial charge in [0.15, 0.2) is 5.60 Å². The van der Waals surface area contributed by atoms with E-state index in [-0.39, 0.29) is 6.42 Å². The second-order valence-corrected chi connectivity index (χ2v) is 3.01. The van der Waals surface area contributed by atoms with Gasteiger partial charge < -0.3 is 14.6 Å². The number of carbonyl (C=O) groups is 2. The summed E-state index contributed by atoms with van der Waals surface area (Å²) in [5.41, 5.74) is -1.80. The number of ether oxygens (including phenoxy) is 2. The first-order valence-corrected chi connectivity index (χ1v) is 4.32. The smallest absolute Gasteiger partial charge is 0.338 e. The number of esters is 2. The van der Waals surface area contributed by atoms with Crippen molar-refractivity contribution in [3.8, 4) is 0 Å². The third-order valence-corrected chi connectivity index (χ3v) is 2.35. The standard InChI is InChI=1S/C9H16O5/c1-5-9(12,8(11)14-4)6(2)7(10)13-3/h6,12H,5H2,1-4H3. The average molecular weight is 204 g/mol. The van der Waals surface area contributed by atoms with Gasteiger partial charge in [0.25, 0.3) is 0 Å². The Morgan fingerprint density at radius 2 is 1.86 bits per heavy atom. The van der Waals surface area contributed by atoms with Crippen LogP contribution in [0.4, 0.5) is 0 Å². The van der Waals surface area contributed by atoms with Crippen LogP contribution in [0.3, 0.4) is 0 Å². The lowest BCUT2D eigenvalue weighted by molar-refractivity contribution is -0.177. The SMILES string of the molecule is CCC(O)(C(=O)OC)C(C)C(=O)OC. The molecule has 14 heavy (non-hydrogen) atoms. The highest BCUT2D eigenvalue weighted by atomic mass is 16.5. The summed E-state index contributed by atoms with van der Waals surface area (Å²) < 4.78 is 8.87. The van der Waals surface area contributed by atoms with Crippen molar-refractivity contribution >= 4 is 11.9 Å². The third-order valence-electron chi connectivity index (χ3n) is 2.35. The van der Waals surface area contributed by atoms with Gasteiger partial charge in [0, 0.05) is 0 Å². The minimum atomic E-state index is -1.80. The third kappa shape index (κ3) is 2.23. The van der Waals surface area contributed by atoms with Crippen molar-refractivity contribution in [2.24, 2.45) is 5.92 Å². The Hall–Kier alpha value is -1.10. The largest absolute Gasteiger partial charge is 0.469 e. The zero-order valence-corrected chi connectivity index (χ0v) is 8.86. The van der Waals surface area contributed by atoms with Gasteiger partial charge in [0.1, 0.15) is 0 Å². The Balaban J connectivity index is 4.84. The van der Waals surface area contributed by atoms with E-state index in [1.807, 2.05) is 0 Å². The molecule has 1 N–H and O–H groups in total. The summed E-state index contributed by atoms with van der Waals surface area (Å²) in [5, 5.41) is 9.88. The van der Waals surface area contributed by atoms with Gasteiger partial charge in [-0.2, -0.15) is 0 Å². The van der Waals surface area contributed by atoms with Crippen LogP contribution >= 0.6 is 0 Å². The van der Waals surface area contributed by atoms with E-state index < -0.39 is 23.5 Å². The second-order valence-electron chi connectivity index (χ2n) is 3.01. The van der Waals surface area contributed by atoms with Gasteiger partial charge >= 0.3 is 11.9 Å². The molecule has 5 nitrogen and oxygen atoms in total. The van der Waals surface area contributed by atoms with Crippen molar-refractivity contribution in [1.29, 1.82) is 0 Å². The van der Waals surface area contributed by atoms with Crippen LogP contribution in [-0.4, -0.2) is 36.9 Å². The van der Waals surface area contributed by atoms with Gasteiger partial charge in [-0.05, 0) is 13.3 Å². The lowest BCUT2D eigenvalue weighted by atomic mass is 9.86. The fourth-order valence-electron chi connectivity index (χ4n) is 1.18. The van der Waals surface area contributed by atoms with E-state index in [0.717, 1.165) is 7.11 Å². The lowest BCUT2D eigenvalue weighted by Crippen LogP contribution is -2.48. The molecule has 2 atom stereocenters. The van der Waals surface area contributed by atoms with Crippen LogP contribution in [0.15, 0.2) is 0 Å². The first kappa shape index (κ1) is 12.9. The summed E-state index contributed by atoms with van der Waals surface area (Å²) in [4.78, 5) is 22.4. The molecule has 0 fully saturated rings. The normalized spacial score (nSPS) is 16.6. The Labute approximate surface area is 83.0 Å². The summed E-state index contributed by atoms with van der Waals surface area (Å²) in [6, 6.07) is 0. The van der Waals surface area contributed by atoms with Gasteiger partial charge in [-0.15, -0.1) is 0 Å². The minimum Gasteiger partial charge on any atom is -0.469 e. The molecule has 0 saturated heterocycles. The molecule has 0 radical (unpaired) electrons. The molecule has 0 aromatic carbocycles. The van der Waals surface area contributed by atoms with Gasteiger partial charge in [-0.25, -0.2) is 4.79 Å². The average Bonchev–Trinajstić information content (AvgIpc) is 2.24. The maximum absolute atomic E-state index is 11.2. The molecule has 0 saturated carbocycles. The maximum Gasteiger partial charge on any atom is 0.338 e. The van der Waals surface area contributed by atoms with Crippen LogP contribution in [-0.2, 0) is 19.1 Å². The molecule has 0 aromatic heterocycles. The zero-order valence-electron chi connectivity index (χ0n) is 8.86. The van der Waals surface area contributed by atoms with Crippen molar-refractivity contribution in [3.63, 3.8) is 0 Å². The number of hydrogen-bond acceptors (Lipinski definition) is 5. The van der Waals surface area contributed by atoms with Crippen LogP contribution in [0.5, 0.6) is 0 Å². The van der Waals surface area contributed by atoms with Crippen LogP contribution in [0.2, 0.25) is 0 Å². The van der Waals surface area contributed by atoms with E-state index in [9.17, 15) is 14.7 Å². The highest BCUT2D eigenvalue weighted by Gasteiger charge is 2.45. The second kappa shape index (κ2) is 4.95. The van der Waals surface area contributed by atoms with Gasteiger partial charge in [0.05, 0.1) is 20.1 Å². The molecular weight excluding hydrogens is 188 g/mol. The molecular formula is C9H16O5. The summed E-state index contributed by atoms with van der Waals surface area (Å²) in [5.74, 6) is -2.40. The number of aliphatic hydroxyl groups is 1. The molecule has 0 heterocycles. The fourth-order valence-corrected chi connectivity index (χ4v) is 1.18. The fraction of sp³-hybridized carbons (Fsp3) is 0.778. The van der Waals surface area contributed by atoms with E-state index in [4.69, 9.17) is 0 Å². The predicted molar refractivity (Wildman–Crippen MR) is 48.4 cm³/mol. The zero-order chi connectivity index (χ0) is 11.4. The monoisotopic (exact) mass is 204 g/mol. The van der Waals surface area contributed by atoms with E-state index in [1.54, 1.807) is 6.92 Å². The Morgan fingerprint density at radius 3 is 2.14 bits per heavy atom. The molecule has 2 unspecified atom stereocenters. The molecule has 0 spiro atoms. The van der Waals surface area contributed by atoms with Crippen molar-refractivity contribution in [3.05, 3.63) is 0 Å². The molecule has 0 rings (SSSR count). The molecule has 0 aromatic rings. The molecule has 0 aliphatic heterocycles. The topological polar surface area (TPSA) is 72.8 Å².